The number of benzene rings is 1. The summed E-state index contributed by atoms with van der Waals surface area (Å²) in [6.45, 7) is 0.688. The van der Waals surface area contributed by atoms with Crippen molar-refractivity contribution in [2.45, 2.75) is 50.5 Å². The summed E-state index contributed by atoms with van der Waals surface area (Å²) in [5, 5.41) is 0. The van der Waals surface area contributed by atoms with Crippen LogP contribution < -0.4 is 10.5 Å². The number of nitrogens with two attached hydrogens (primary N) is 1. The standard InChI is InChI=1S/C16H21NO2/c17-16(8-2-1-3-9-16)11-14(18)13-6-4-5-12-7-10-19-15(12)13/h4-6H,1-3,7-11,17H2. The third-order valence-corrected chi connectivity index (χ3v) is 4.38. The predicted molar refractivity (Wildman–Crippen MR) is 74.6 cm³/mol. The van der Waals surface area contributed by atoms with Crippen LogP contribution in [0.25, 0.3) is 0 Å². The monoisotopic (exact) mass is 259 g/mol. The zero-order valence-corrected chi connectivity index (χ0v) is 11.3. The van der Waals surface area contributed by atoms with Gasteiger partial charge in [0.25, 0.3) is 0 Å². The summed E-state index contributed by atoms with van der Waals surface area (Å²) in [4.78, 5) is 12.5. The fourth-order valence-electron chi connectivity index (χ4n) is 3.28. The topological polar surface area (TPSA) is 52.3 Å². The summed E-state index contributed by atoms with van der Waals surface area (Å²) in [5.74, 6) is 0.940. The SMILES string of the molecule is NC1(CC(=O)c2cccc3c2OCC3)CCCCC1. The molecule has 19 heavy (non-hydrogen) atoms. The Morgan fingerprint density at radius 3 is 2.84 bits per heavy atom. The molecular formula is C16H21NO2. The molecule has 3 rings (SSSR count). The summed E-state index contributed by atoms with van der Waals surface area (Å²) in [7, 11) is 0. The number of fused-ring (bicyclic) bond motifs is 1. The molecule has 1 saturated carbocycles. The maximum absolute atomic E-state index is 12.5. The summed E-state index contributed by atoms with van der Waals surface area (Å²) < 4.78 is 5.61. The molecular weight excluding hydrogens is 238 g/mol. The van der Waals surface area contributed by atoms with Crippen molar-refractivity contribution in [1.29, 1.82) is 0 Å². The van der Waals surface area contributed by atoms with E-state index in [0.29, 0.717) is 13.0 Å². The third-order valence-electron chi connectivity index (χ3n) is 4.38. The van der Waals surface area contributed by atoms with Gasteiger partial charge < -0.3 is 10.5 Å². The lowest BCUT2D eigenvalue weighted by Crippen LogP contribution is -2.43. The summed E-state index contributed by atoms with van der Waals surface area (Å²) in [6, 6.07) is 5.86. The van der Waals surface area contributed by atoms with E-state index in [1.54, 1.807) is 0 Å². The normalized spacial score (nSPS) is 20.7. The van der Waals surface area contributed by atoms with Crippen molar-refractivity contribution in [3.05, 3.63) is 29.3 Å². The predicted octanol–water partition coefficient (Wildman–Crippen LogP) is 2.86. The highest BCUT2D eigenvalue weighted by atomic mass is 16.5. The molecule has 2 N–H and O–H groups in total. The molecule has 0 atom stereocenters. The number of para-hydroxylation sites is 1. The Morgan fingerprint density at radius 2 is 2.05 bits per heavy atom. The summed E-state index contributed by atoms with van der Waals surface area (Å²) in [6.07, 6.45) is 6.83. The van der Waals surface area contributed by atoms with Gasteiger partial charge in [0.15, 0.2) is 5.78 Å². The van der Waals surface area contributed by atoms with Gasteiger partial charge in [0, 0.05) is 18.4 Å². The second-order valence-corrected chi connectivity index (χ2v) is 5.92. The Kier molecular flexibility index (Phi) is 3.31. The quantitative estimate of drug-likeness (QED) is 0.849. The Hall–Kier alpha value is -1.35. The second-order valence-electron chi connectivity index (χ2n) is 5.92. The molecule has 3 heteroatoms. The van der Waals surface area contributed by atoms with Gasteiger partial charge in [-0.2, -0.15) is 0 Å². The van der Waals surface area contributed by atoms with E-state index < -0.39 is 0 Å². The van der Waals surface area contributed by atoms with Gasteiger partial charge in [0.1, 0.15) is 5.75 Å². The van der Waals surface area contributed by atoms with Crippen LogP contribution in [0.5, 0.6) is 5.75 Å². The van der Waals surface area contributed by atoms with E-state index in [0.717, 1.165) is 49.0 Å². The Morgan fingerprint density at radius 1 is 1.26 bits per heavy atom. The lowest BCUT2D eigenvalue weighted by Gasteiger charge is -2.32. The number of ketones is 1. The first kappa shape index (κ1) is 12.7. The first-order chi connectivity index (χ1) is 9.18. The van der Waals surface area contributed by atoms with Crippen LogP contribution in [0, 0.1) is 0 Å². The van der Waals surface area contributed by atoms with Gasteiger partial charge in [0.05, 0.1) is 12.2 Å². The van der Waals surface area contributed by atoms with Crippen LogP contribution in [0.3, 0.4) is 0 Å². The maximum atomic E-state index is 12.5. The average Bonchev–Trinajstić information content (AvgIpc) is 2.86. The van der Waals surface area contributed by atoms with Crippen molar-refractivity contribution in [1.82, 2.24) is 0 Å². The minimum Gasteiger partial charge on any atom is -0.492 e. The number of hydrogen-bond acceptors (Lipinski definition) is 3. The molecule has 1 fully saturated rings. The van der Waals surface area contributed by atoms with Gasteiger partial charge >= 0.3 is 0 Å². The highest BCUT2D eigenvalue weighted by Gasteiger charge is 2.32. The first-order valence-corrected chi connectivity index (χ1v) is 7.25. The number of hydrogen-bond donors (Lipinski definition) is 1. The summed E-state index contributed by atoms with van der Waals surface area (Å²) in [5.41, 5.74) is 7.97. The van der Waals surface area contributed by atoms with Gasteiger partial charge in [-0.25, -0.2) is 0 Å². The number of carbonyl (C=O) groups excluding carboxylic acids is 1. The van der Waals surface area contributed by atoms with E-state index >= 15 is 0 Å². The maximum Gasteiger partial charge on any atom is 0.168 e. The molecule has 1 heterocycles. The van der Waals surface area contributed by atoms with Gasteiger partial charge in [-0.3, -0.25) is 4.79 Å². The van der Waals surface area contributed by atoms with Crippen LogP contribution in [-0.4, -0.2) is 17.9 Å². The number of rotatable bonds is 3. The highest BCUT2D eigenvalue weighted by molar-refractivity contribution is 5.99. The minimum atomic E-state index is -0.295. The van der Waals surface area contributed by atoms with Crippen molar-refractivity contribution in [2.24, 2.45) is 5.73 Å². The number of Topliss-reactive ketones (excluding diaryl/α,β-unsaturated/α-hetero) is 1. The molecule has 102 valence electrons. The molecule has 3 nitrogen and oxygen atoms in total. The van der Waals surface area contributed by atoms with Gasteiger partial charge in [-0.15, -0.1) is 0 Å². The average molecular weight is 259 g/mol. The van der Waals surface area contributed by atoms with Crippen molar-refractivity contribution in [3.63, 3.8) is 0 Å². The van der Waals surface area contributed by atoms with Crippen LogP contribution in [0.15, 0.2) is 18.2 Å². The van der Waals surface area contributed by atoms with E-state index in [1.807, 2.05) is 18.2 Å². The van der Waals surface area contributed by atoms with Crippen LogP contribution in [0.1, 0.15) is 54.4 Å². The van der Waals surface area contributed by atoms with E-state index in [2.05, 4.69) is 0 Å². The number of carbonyl (C=O) groups is 1. The van der Waals surface area contributed by atoms with Crippen molar-refractivity contribution < 1.29 is 9.53 Å². The van der Waals surface area contributed by atoms with Gasteiger partial charge in [-0.05, 0) is 24.5 Å². The van der Waals surface area contributed by atoms with Crippen LogP contribution in [-0.2, 0) is 6.42 Å². The van der Waals surface area contributed by atoms with E-state index in [9.17, 15) is 4.79 Å². The third kappa shape index (κ3) is 2.52. The molecule has 0 aromatic heterocycles. The smallest absolute Gasteiger partial charge is 0.168 e. The zero-order chi connectivity index (χ0) is 13.3. The lowest BCUT2D eigenvalue weighted by atomic mass is 9.78. The fraction of sp³-hybridized carbons (Fsp3) is 0.562. The largest absolute Gasteiger partial charge is 0.492 e. The molecule has 1 aliphatic carbocycles. The Labute approximate surface area is 114 Å². The minimum absolute atomic E-state index is 0.142. The molecule has 1 aromatic carbocycles. The van der Waals surface area contributed by atoms with E-state index in [4.69, 9.17) is 10.5 Å². The van der Waals surface area contributed by atoms with Crippen LogP contribution in [0.4, 0.5) is 0 Å². The van der Waals surface area contributed by atoms with E-state index in [1.165, 1.54) is 6.42 Å². The molecule has 0 unspecified atom stereocenters. The van der Waals surface area contributed by atoms with Crippen molar-refractivity contribution in [3.8, 4) is 5.75 Å². The van der Waals surface area contributed by atoms with Crippen LogP contribution >= 0.6 is 0 Å². The first-order valence-electron chi connectivity index (χ1n) is 7.25. The van der Waals surface area contributed by atoms with Crippen LogP contribution in [0.2, 0.25) is 0 Å². The molecule has 1 aliphatic heterocycles. The second kappa shape index (κ2) is 4.97. The molecule has 1 aromatic rings. The van der Waals surface area contributed by atoms with E-state index in [-0.39, 0.29) is 11.3 Å². The Bertz CT molecular complexity index is 490. The number of ether oxygens (including phenoxy) is 1. The molecule has 0 bridgehead atoms. The molecule has 0 saturated heterocycles. The highest BCUT2D eigenvalue weighted by Crippen LogP contribution is 2.34. The van der Waals surface area contributed by atoms with Crippen molar-refractivity contribution >= 4 is 5.78 Å². The molecule has 2 aliphatic rings. The van der Waals surface area contributed by atoms with Gasteiger partial charge in [0.2, 0.25) is 0 Å². The summed E-state index contributed by atoms with van der Waals surface area (Å²) >= 11 is 0. The zero-order valence-electron chi connectivity index (χ0n) is 11.3. The Balaban J connectivity index is 1.79. The van der Waals surface area contributed by atoms with Crippen molar-refractivity contribution in [2.75, 3.05) is 6.61 Å². The molecule has 0 amide bonds. The fourth-order valence-corrected chi connectivity index (χ4v) is 3.28. The molecule has 0 spiro atoms. The lowest BCUT2D eigenvalue weighted by molar-refractivity contribution is 0.0931. The van der Waals surface area contributed by atoms with Gasteiger partial charge in [-0.1, -0.05) is 31.4 Å². The molecule has 0 radical (unpaired) electrons.